The summed E-state index contributed by atoms with van der Waals surface area (Å²) in [4.78, 5) is 27.3. The van der Waals surface area contributed by atoms with E-state index in [1.807, 2.05) is 0 Å². The van der Waals surface area contributed by atoms with Gasteiger partial charge in [-0.1, -0.05) is 0 Å². The third-order valence-corrected chi connectivity index (χ3v) is 2.80. The molecule has 0 radical (unpaired) electrons. The Bertz CT molecular complexity index is 724. The number of nitrogens with zero attached hydrogens (tertiary/aromatic N) is 2. The maximum Gasteiger partial charge on any atom is 0.347 e. The molecule has 7 nitrogen and oxygen atoms in total. The van der Waals surface area contributed by atoms with Gasteiger partial charge >= 0.3 is 5.69 Å². The van der Waals surface area contributed by atoms with Gasteiger partial charge in [0.2, 0.25) is 5.91 Å². The molecule has 0 saturated carbocycles. The van der Waals surface area contributed by atoms with Crippen LogP contribution in [-0.4, -0.2) is 22.6 Å². The van der Waals surface area contributed by atoms with E-state index in [-0.39, 0.29) is 12.5 Å². The van der Waals surface area contributed by atoms with Crippen LogP contribution in [0, 0.1) is 6.92 Å². The lowest BCUT2D eigenvalue weighted by atomic mass is 10.2. The van der Waals surface area contributed by atoms with E-state index in [1.165, 1.54) is 17.9 Å². The number of carbonyl (C=O) groups is 1. The molecule has 1 aromatic heterocycles. The minimum absolute atomic E-state index is 0.133. The summed E-state index contributed by atoms with van der Waals surface area (Å²) in [5.74, 6) is 0.126. The predicted molar refractivity (Wildman–Crippen MR) is 79.3 cm³/mol. The Balaban J connectivity index is 2.17. The predicted octanol–water partition coefficient (Wildman–Crippen LogP) is 0.781. The van der Waals surface area contributed by atoms with Crippen LogP contribution < -0.4 is 21.5 Å². The van der Waals surface area contributed by atoms with Crippen molar-refractivity contribution in [3.63, 3.8) is 0 Å². The maximum atomic E-state index is 12.0. The van der Waals surface area contributed by atoms with E-state index in [2.05, 4.69) is 10.3 Å². The van der Waals surface area contributed by atoms with E-state index in [1.54, 1.807) is 31.3 Å². The Morgan fingerprint density at radius 1 is 1.48 bits per heavy atom. The molecule has 7 heteroatoms. The SMILES string of the molecule is COc1ccc(N)cc1NC(=O)Cn1cc(C)cnc1=O. The van der Waals surface area contributed by atoms with Crippen LogP contribution in [0.2, 0.25) is 0 Å². The quantitative estimate of drug-likeness (QED) is 0.810. The van der Waals surface area contributed by atoms with Crippen LogP contribution in [0.3, 0.4) is 0 Å². The largest absolute Gasteiger partial charge is 0.495 e. The van der Waals surface area contributed by atoms with Crippen molar-refractivity contribution in [2.24, 2.45) is 0 Å². The summed E-state index contributed by atoms with van der Waals surface area (Å²) in [5, 5.41) is 2.67. The number of methoxy groups -OCH3 is 1. The highest BCUT2D eigenvalue weighted by atomic mass is 16.5. The van der Waals surface area contributed by atoms with Crippen molar-refractivity contribution in [3.8, 4) is 5.75 Å². The van der Waals surface area contributed by atoms with Crippen LogP contribution in [-0.2, 0) is 11.3 Å². The zero-order valence-corrected chi connectivity index (χ0v) is 11.8. The van der Waals surface area contributed by atoms with Crippen molar-refractivity contribution in [2.75, 3.05) is 18.2 Å². The smallest absolute Gasteiger partial charge is 0.347 e. The van der Waals surface area contributed by atoms with Crippen LogP contribution in [0.15, 0.2) is 35.4 Å². The molecule has 0 unspecified atom stereocenters. The minimum atomic E-state index is -0.477. The molecule has 0 aliphatic rings. The number of benzene rings is 1. The third kappa shape index (κ3) is 3.59. The molecule has 1 aromatic carbocycles. The number of aromatic nitrogens is 2. The molecule has 0 aliphatic heterocycles. The van der Waals surface area contributed by atoms with Gasteiger partial charge in [-0.15, -0.1) is 0 Å². The Hall–Kier alpha value is -2.83. The van der Waals surface area contributed by atoms with E-state index < -0.39 is 5.69 Å². The summed E-state index contributed by atoms with van der Waals surface area (Å²) in [6.45, 7) is 1.66. The molecule has 2 aromatic rings. The summed E-state index contributed by atoms with van der Waals surface area (Å²) in [5.41, 5.74) is 6.96. The molecular weight excluding hydrogens is 272 g/mol. The number of aryl methyl sites for hydroxylation is 1. The highest BCUT2D eigenvalue weighted by molar-refractivity contribution is 5.92. The van der Waals surface area contributed by atoms with E-state index in [0.717, 1.165) is 5.56 Å². The summed E-state index contributed by atoms with van der Waals surface area (Å²) in [6.07, 6.45) is 3.03. The zero-order valence-electron chi connectivity index (χ0n) is 11.8. The van der Waals surface area contributed by atoms with Gasteiger partial charge in [-0.2, -0.15) is 0 Å². The van der Waals surface area contributed by atoms with Gasteiger partial charge in [0.05, 0.1) is 12.8 Å². The number of hydrogen-bond acceptors (Lipinski definition) is 5. The molecule has 21 heavy (non-hydrogen) atoms. The first-order chi connectivity index (χ1) is 9.99. The summed E-state index contributed by atoms with van der Waals surface area (Å²) >= 11 is 0. The van der Waals surface area contributed by atoms with Gasteiger partial charge in [0.1, 0.15) is 12.3 Å². The first-order valence-corrected chi connectivity index (χ1v) is 6.26. The Kier molecular flexibility index (Phi) is 4.22. The second-order valence-electron chi connectivity index (χ2n) is 4.55. The molecule has 0 fully saturated rings. The normalized spacial score (nSPS) is 10.2. The molecule has 0 saturated heterocycles. The van der Waals surface area contributed by atoms with E-state index in [9.17, 15) is 9.59 Å². The van der Waals surface area contributed by atoms with Crippen LogP contribution in [0.4, 0.5) is 11.4 Å². The van der Waals surface area contributed by atoms with Gasteiger partial charge in [0.25, 0.3) is 0 Å². The average molecular weight is 288 g/mol. The molecule has 0 bridgehead atoms. The highest BCUT2D eigenvalue weighted by Crippen LogP contribution is 2.26. The Morgan fingerprint density at radius 3 is 2.95 bits per heavy atom. The number of hydrogen-bond donors (Lipinski definition) is 2. The molecule has 1 heterocycles. The molecule has 2 rings (SSSR count). The molecule has 0 aliphatic carbocycles. The number of anilines is 2. The third-order valence-electron chi connectivity index (χ3n) is 2.80. The van der Waals surface area contributed by atoms with Crippen LogP contribution in [0.25, 0.3) is 0 Å². The summed E-state index contributed by atoms with van der Waals surface area (Å²) < 4.78 is 6.38. The summed E-state index contributed by atoms with van der Waals surface area (Å²) in [6, 6.07) is 4.92. The second kappa shape index (κ2) is 6.08. The fraction of sp³-hybridized carbons (Fsp3) is 0.214. The van der Waals surface area contributed by atoms with Crippen molar-refractivity contribution in [2.45, 2.75) is 13.5 Å². The molecule has 110 valence electrons. The number of ether oxygens (including phenoxy) is 1. The van der Waals surface area contributed by atoms with Gasteiger partial charge in [-0.25, -0.2) is 9.78 Å². The van der Waals surface area contributed by atoms with Crippen molar-refractivity contribution in [1.82, 2.24) is 9.55 Å². The number of nitrogens with one attached hydrogen (secondary N) is 1. The zero-order chi connectivity index (χ0) is 15.4. The standard InChI is InChI=1S/C14H16N4O3/c1-9-6-16-14(20)18(7-9)8-13(19)17-11-5-10(15)3-4-12(11)21-2/h3-7H,8,15H2,1-2H3,(H,17,19). The van der Waals surface area contributed by atoms with Gasteiger partial charge in [0, 0.05) is 18.1 Å². The number of carbonyl (C=O) groups excluding carboxylic acids is 1. The first-order valence-electron chi connectivity index (χ1n) is 6.26. The van der Waals surface area contributed by atoms with Crippen LogP contribution >= 0.6 is 0 Å². The number of nitrogen functional groups attached to an aromatic ring is 1. The van der Waals surface area contributed by atoms with E-state index in [0.29, 0.717) is 17.1 Å². The molecule has 0 spiro atoms. The number of amides is 1. The van der Waals surface area contributed by atoms with Gasteiger partial charge in [0.15, 0.2) is 0 Å². The molecular formula is C14H16N4O3. The van der Waals surface area contributed by atoms with Crippen molar-refractivity contribution in [1.29, 1.82) is 0 Å². The average Bonchev–Trinajstić information content (AvgIpc) is 2.43. The van der Waals surface area contributed by atoms with Gasteiger partial charge in [-0.05, 0) is 30.7 Å². The maximum absolute atomic E-state index is 12.0. The number of rotatable bonds is 4. The fourth-order valence-corrected chi connectivity index (χ4v) is 1.85. The topological polar surface area (TPSA) is 99.2 Å². The Morgan fingerprint density at radius 2 is 2.24 bits per heavy atom. The number of nitrogens with two attached hydrogens (primary N) is 1. The van der Waals surface area contributed by atoms with Crippen molar-refractivity contribution >= 4 is 17.3 Å². The van der Waals surface area contributed by atoms with Gasteiger partial charge in [-0.3, -0.25) is 9.36 Å². The fourth-order valence-electron chi connectivity index (χ4n) is 1.85. The monoisotopic (exact) mass is 288 g/mol. The molecule has 3 N–H and O–H groups in total. The van der Waals surface area contributed by atoms with E-state index >= 15 is 0 Å². The lowest BCUT2D eigenvalue weighted by Crippen LogP contribution is -2.29. The van der Waals surface area contributed by atoms with Crippen LogP contribution in [0.5, 0.6) is 5.75 Å². The lowest BCUT2D eigenvalue weighted by Gasteiger charge is -2.11. The highest BCUT2D eigenvalue weighted by Gasteiger charge is 2.10. The molecule has 1 amide bonds. The summed E-state index contributed by atoms with van der Waals surface area (Å²) in [7, 11) is 1.50. The van der Waals surface area contributed by atoms with Crippen LogP contribution in [0.1, 0.15) is 5.56 Å². The van der Waals surface area contributed by atoms with Crippen molar-refractivity contribution in [3.05, 3.63) is 46.6 Å². The lowest BCUT2D eigenvalue weighted by molar-refractivity contribution is -0.116. The van der Waals surface area contributed by atoms with E-state index in [4.69, 9.17) is 10.5 Å². The second-order valence-corrected chi connectivity index (χ2v) is 4.55. The molecule has 0 atom stereocenters. The first kappa shape index (κ1) is 14.6. The Labute approximate surface area is 121 Å². The van der Waals surface area contributed by atoms with Gasteiger partial charge < -0.3 is 15.8 Å². The van der Waals surface area contributed by atoms with Crippen molar-refractivity contribution < 1.29 is 9.53 Å². The minimum Gasteiger partial charge on any atom is -0.495 e.